The second-order valence-electron chi connectivity index (χ2n) is 5.25. The Morgan fingerprint density at radius 3 is 2.73 bits per heavy atom. The van der Waals surface area contributed by atoms with Crippen LogP contribution >= 0.6 is 15.9 Å². The molecule has 0 fully saturated rings. The van der Waals surface area contributed by atoms with Crippen molar-refractivity contribution in [2.24, 2.45) is 0 Å². The Hall–Kier alpha value is -1.82. The van der Waals surface area contributed by atoms with Crippen LogP contribution in [0.1, 0.15) is 18.1 Å². The molecule has 1 amide bonds. The van der Waals surface area contributed by atoms with Crippen LogP contribution in [-0.2, 0) is 9.53 Å². The zero-order valence-corrected chi connectivity index (χ0v) is 14.5. The van der Waals surface area contributed by atoms with Gasteiger partial charge in [0.25, 0.3) is 0 Å². The molecule has 0 spiro atoms. The van der Waals surface area contributed by atoms with E-state index in [-0.39, 0.29) is 12.3 Å². The average molecular weight is 367 g/mol. The van der Waals surface area contributed by atoms with Crippen LogP contribution in [0.5, 0.6) is 0 Å². The fourth-order valence-corrected chi connectivity index (χ4v) is 3.16. The van der Waals surface area contributed by atoms with E-state index in [4.69, 9.17) is 4.74 Å². The average Bonchev–Trinajstić information content (AvgIpc) is 2.42. The molecular formula is C16H19BrN2O3. The molecule has 0 aromatic heterocycles. The predicted molar refractivity (Wildman–Crippen MR) is 88.9 cm³/mol. The monoisotopic (exact) mass is 366 g/mol. The van der Waals surface area contributed by atoms with E-state index in [2.05, 4.69) is 27.3 Å². The van der Waals surface area contributed by atoms with Crippen molar-refractivity contribution in [3.05, 3.63) is 39.5 Å². The summed E-state index contributed by atoms with van der Waals surface area (Å²) >= 11 is 3.53. The van der Waals surface area contributed by atoms with Crippen molar-refractivity contribution in [2.75, 3.05) is 25.0 Å². The summed E-state index contributed by atoms with van der Waals surface area (Å²) in [7, 11) is 0. The molecule has 1 aromatic carbocycles. The number of nitrogens with one attached hydrogen (secondary N) is 1. The Morgan fingerprint density at radius 1 is 1.36 bits per heavy atom. The number of hydrogen-bond donors (Lipinski definition) is 1. The largest absolute Gasteiger partial charge is 0.450 e. The molecule has 0 unspecified atom stereocenters. The van der Waals surface area contributed by atoms with Crippen LogP contribution in [0.4, 0.5) is 10.5 Å². The second kappa shape index (κ2) is 6.96. The second-order valence-corrected chi connectivity index (χ2v) is 6.11. The highest BCUT2D eigenvalue weighted by molar-refractivity contribution is 9.10. The molecule has 1 aromatic rings. The molecule has 2 rings (SSSR count). The summed E-state index contributed by atoms with van der Waals surface area (Å²) < 4.78 is 5.88. The fraction of sp³-hybridized carbons (Fsp3) is 0.375. The summed E-state index contributed by atoms with van der Waals surface area (Å²) in [5, 5.41) is 3.25. The lowest BCUT2D eigenvalue weighted by molar-refractivity contribution is -0.116. The molecule has 1 N–H and O–H groups in total. The Balaban J connectivity index is 2.19. The van der Waals surface area contributed by atoms with Crippen LogP contribution in [-0.4, -0.2) is 36.5 Å². The van der Waals surface area contributed by atoms with Crippen molar-refractivity contribution >= 4 is 33.5 Å². The first-order chi connectivity index (χ1) is 10.4. The van der Waals surface area contributed by atoms with Gasteiger partial charge in [-0.2, -0.15) is 0 Å². The van der Waals surface area contributed by atoms with Gasteiger partial charge in [0, 0.05) is 16.2 Å². The molecule has 6 heteroatoms. The Bertz CT molecular complexity index is 617. The van der Waals surface area contributed by atoms with E-state index in [1.165, 1.54) is 4.90 Å². The van der Waals surface area contributed by atoms with Crippen molar-refractivity contribution in [3.8, 4) is 0 Å². The van der Waals surface area contributed by atoms with Crippen molar-refractivity contribution in [1.82, 2.24) is 4.90 Å². The summed E-state index contributed by atoms with van der Waals surface area (Å²) in [5.41, 5.74) is 3.79. The first-order valence-electron chi connectivity index (χ1n) is 7.09. The van der Waals surface area contributed by atoms with Gasteiger partial charge >= 0.3 is 6.09 Å². The molecule has 118 valence electrons. The van der Waals surface area contributed by atoms with Crippen LogP contribution < -0.4 is 5.32 Å². The minimum absolute atomic E-state index is 0.0536. The van der Waals surface area contributed by atoms with Crippen LogP contribution in [0.3, 0.4) is 0 Å². The summed E-state index contributed by atoms with van der Waals surface area (Å²) in [6.07, 6.45) is 1.07. The van der Waals surface area contributed by atoms with Gasteiger partial charge in [0.2, 0.25) is 0 Å². The maximum atomic E-state index is 11.8. The highest BCUT2D eigenvalue weighted by Gasteiger charge is 2.24. The molecule has 0 aliphatic carbocycles. The zero-order chi connectivity index (χ0) is 16.3. The van der Waals surface area contributed by atoms with E-state index < -0.39 is 6.09 Å². The van der Waals surface area contributed by atoms with Gasteiger partial charge in [0.15, 0.2) is 5.78 Å². The molecular weight excluding hydrogens is 348 g/mol. The fourth-order valence-electron chi connectivity index (χ4n) is 2.39. The number of carbonyl (C=O) groups excluding carboxylic acids is 2. The number of carbonyl (C=O) groups is 2. The molecule has 1 aliphatic heterocycles. The van der Waals surface area contributed by atoms with Crippen LogP contribution in [0.2, 0.25) is 0 Å². The molecule has 0 radical (unpaired) electrons. The number of anilines is 1. The van der Waals surface area contributed by atoms with Crippen molar-refractivity contribution in [1.29, 1.82) is 0 Å². The summed E-state index contributed by atoms with van der Waals surface area (Å²) in [5.74, 6) is -0.123. The molecule has 0 atom stereocenters. The van der Waals surface area contributed by atoms with E-state index in [1.54, 1.807) is 13.0 Å². The van der Waals surface area contributed by atoms with Crippen molar-refractivity contribution < 1.29 is 14.3 Å². The third kappa shape index (κ3) is 3.88. The number of nitrogens with zero attached hydrogens (tertiary/aromatic N) is 1. The van der Waals surface area contributed by atoms with E-state index >= 15 is 0 Å². The lowest BCUT2D eigenvalue weighted by Crippen LogP contribution is -2.41. The topological polar surface area (TPSA) is 58.6 Å². The van der Waals surface area contributed by atoms with Gasteiger partial charge in [0.05, 0.1) is 25.4 Å². The smallest absolute Gasteiger partial charge is 0.410 e. The number of aryl methyl sites for hydroxylation is 2. The van der Waals surface area contributed by atoms with Gasteiger partial charge in [-0.05, 0) is 53.9 Å². The third-order valence-electron chi connectivity index (χ3n) is 3.29. The van der Waals surface area contributed by atoms with Gasteiger partial charge in [-0.15, -0.1) is 0 Å². The van der Waals surface area contributed by atoms with E-state index in [0.717, 1.165) is 21.3 Å². The lowest BCUT2D eigenvalue weighted by atomic mass is 10.1. The van der Waals surface area contributed by atoms with Gasteiger partial charge in [0.1, 0.15) is 0 Å². The SMILES string of the molecule is CCOC(=O)N1CC(=O)C=C(Nc2c(C)cc(C)cc2Br)C1. The molecule has 1 aliphatic rings. The van der Waals surface area contributed by atoms with Crippen LogP contribution in [0.25, 0.3) is 0 Å². The Morgan fingerprint density at radius 2 is 2.09 bits per heavy atom. The predicted octanol–water partition coefficient (Wildman–Crippen LogP) is 3.40. The van der Waals surface area contributed by atoms with Crippen molar-refractivity contribution in [3.63, 3.8) is 0 Å². The summed E-state index contributed by atoms with van der Waals surface area (Å²) in [6, 6.07) is 4.06. The van der Waals surface area contributed by atoms with E-state index in [9.17, 15) is 9.59 Å². The highest BCUT2D eigenvalue weighted by atomic mass is 79.9. The minimum atomic E-state index is -0.469. The number of rotatable bonds is 3. The molecule has 0 saturated carbocycles. The molecule has 1 heterocycles. The Labute approximate surface area is 138 Å². The quantitative estimate of drug-likeness (QED) is 0.890. The third-order valence-corrected chi connectivity index (χ3v) is 3.91. The van der Waals surface area contributed by atoms with E-state index in [1.807, 2.05) is 19.9 Å². The first kappa shape index (κ1) is 16.5. The van der Waals surface area contributed by atoms with Gasteiger partial charge in [-0.25, -0.2) is 4.79 Å². The number of halogens is 1. The number of ether oxygens (including phenoxy) is 1. The highest BCUT2D eigenvalue weighted by Crippen LogP contribution is 2.29. The van der Waals surface area contributed by atoms with Gasteiger partial charge in [-0.1, -0.05) is 6.07 Å². The van der Waals surface area contributed by atoms with Crippen molar-refractivity contribution in [2.45, 2.75) is 20.8 Å². The van der Waals surface area contributed by atoms with Gasteiger partial charge in [-0.3, -0.25) is 9.69 Å². The van der Waals surface area contributed by atoms with Crippen LogP contribution in [0, 0.1) is 13.8 Å². The molecule has 22 heavy (non-hydrogen) atoms. The standard InChI is InChI=1S/C16H19BrN2O3/c1-4-22-16(21)19-8-12(7-13(20)9-19)18-15-11(3)5-10(2)6-14(15)17/h5-7,18H,4,8-9H2,1-3H3. The maximum Gasteiger partial charge on any atom is 0.410 e. The Kier molecular flexibility index (Phi) is 5.24. The van der Waals surface area contributed by atoms with E-state index in [0.29, 0.717) is 18.8 Å². The summed E-state index contributed by atoms with van der Waals surface area (Å²) in [6.45, 7) is 6.42. The summed E-state index contributed by atoms with van der Waals surface area (Å²) in [4.78, 5) is 25.0. The van der Waals surface area contributed by atoms with Crippen LogP contribution in [0.15, 0.2) is 28.4 Å². The number of hydrogen-bond acceptors (Lipinski definition) is 4. The maximum absolute atomic E-state index is 11.8. The number of amides is 1. The molecule has 0 saturated heterocycles. The number of benzene rings is 1. The molecule has 0 bridgehead atoms. The van der Waals surface area contributed by atoms with Gasteiger partial charge < -0.3 is 10.1 Å². The normalized spacial score (nSPS) is 14.6. The lowest BCUT2D eigenvalue weighted by Gasteiger charge is -2.27. The zero-order valence-electron chi connectivity index (χ0n) is 12.9. The minimum Gasteiger partial charge on any atom is -0.450 e. The molecule has 5 nitrogen and oxygen atoms in total. The first-order valence-corrected chi connectivity index (χ1v) is 7.89. The number of ketones is 1.